The summed E-state index contributed by atoms with van der Waals surface area (Å²) in [7, 11) is 0. The number of rotatable bonds is 7. The molecule has 4 N–H and O–H groups in total. The summed E-state index contributed by atoms with van der Waals surface area (Å²) in [6.45, 7) is 1.38. The van der Waals surface area contributed by atoms with Crippen LogP contribution in [-0.4, -0.2) is 29.3 Å². The van der Waals surface area contributed by atoms with Crippen LogP contribution in [0.15, 0.2) is 45.4 Å². The largest absolute Gasteiger partial charge is 1.00 e. The normalized spacial score (nSPS) is 10.3. The molecule has 0 saturated carbocycles. The lowest BCUT2D eigenvalue weighted by Gasteiger charge is -2.04. The number of furan rings is 1. The first kappa shape index (κ1) is 19.4. The standard InChI is InChI=1S/C16H16FN5O3.ClH/c17-11-3-1-10(2-4-11)13-6-5-12(24-13)9-19-7-8-20-16(23)14-15(18)22-25-21-14;/h1-6,19H,7-9H2,(H2,18,22)(H,20,23);1H/p-1. The first-order valence-electron chi connectivity index (χ1n) is 7.55. The first-order chi connectivity index (χ1) is 12.1. The zero-order valence-corrected chi connectivity index (χ0v) is 14.3. The Morgan fingerprint density at radius 3 is 2.58 bits per heavy atom. The van der Waals surface area contributed by atoms with Crippen LogP contribution in [-0.2, 0) is 6.54 Å². The highest BCUT2D eigenvalue weighted by Crippen LogP contribution is 2.22. The third-order valence-corrected chi connectivity index (χ3v) is 3.41. The first-order valence-corrected chi connectivity index (χ1v) is 7.55. The smallest absolute Gasteiger partial charge is 0.277 e. The van der Waals surface area contributed by atoms with E-state index in [1.165, 1.54) is 12.1 Å². The average molecular weight is 381 g/mol. The zero-order chi connectivity index (χ0) is 17.6. The van der Waals surface area contributed by atoms with Crippen molar-refractivity contribution in [1.29, 1.82) is 0 Å². The number of nitrogen functional groups attached to an aromatic ring is 1. The molecule has 0 aliphatic rings. The van der Waals surface area contributed by atoms with E-state index < -0.39 is 5.91 Å². The fourth-order valence-electron chi connectivity index (χ4n) is 2.15. The van der Waals surface area contributed by atoms with Gasteiger partial charge in [0.15, 0.2) is 0 Å². The van der Waals surface area contributed by atoms with Crippen LogP contribution >= 0.6 is 0 Å². The Morgan fingerprint density at radius 1 is 1.12 bits per heavy atom. The molecule has 2 heterocycles. The second-order valence-corrected chi connectivity index (χ2v) is 5.20. The van der Waals surface area contributed by atoms with Crippen molar-refractivity contribution < 1.29 is 30.6 Å². The van der Waals surface area contributed by atoms with Gasteiger partial charge < -0.3 is 33.2 Å². The van der Waals surface area contributed by atoms with Crippen molar-refractivity contribution in [3.05, 3.63) is 53.7 Å². The summed E-state index contributed by atoms with van der Waals surface area (Å²) in [6, 6.07) is 9.75. The Balaban J connectivity index is 0.00000243. The lowest BCUT2D eigenvalue weighted by Crippen LogP contribution is -3.00. The van der Waals surface area contributed by atoms with Crippen molar-refractivity contribution in [2.45, 2.75) is 6.54 Å². The summed E-state index contributed by atoms with van der Waals surface area (Å²) in [5, 5.41) is 12.5. The molecule has 0 saturated heterocycles. The van der Waals surface area contributed by atoms with Gasteiger partial charge in [-0.3, -0.25) is 4.79 Å². The van der Waals surface area contributed by atoms with Crippen LogP contribution in [0.25, 0.3) is 11.3 Å². The number of nitrogens with two attached hydrogens (primary N) is 1. The van der Waals surface area contributed by atoms with Gasteiger partial charge in [-0.2, -0.15) is 0 Å². The van der Waals surface area contributed by atoms with Crippen molar-refractivity contribution in [2.75, 3.05) is 18.8 Å². The molecule has 0 fully saturated rings. The molecule has 26 heavy (non-hydrogen) atoms. The van der Waals surface area contributed by atoms with E-state index in [2.05, 4.69) is 25.6 Å². The van der Waals surface area contributed by atoms with Crippen LogP contribution in [0.4, 0.5) is 10.2 Å². The summed E-state index contributed by atoms with van der Waals surface area (Å²) in [5.41, 5.74) is 6.20. The number of anilines is 1. The monoisotopic (exact) mass is 380 g/mol. The minimum atomic E-state index is -0.447. The van der Waals surface area contributed by atoms with Crippen molar-refractivity contribution in [3.63, 3.8) is 0 Å². The molecule has 3 aromatic rings. The summed E-state index contributed by atoms with van der Waals surface area (Å²) < 4.78 is 23.0. The predicted octanol–water partition coefficient (Wildman–Crippen LogP) is -1.43. The molecule has 0 aliphatic carbocycles. The number of amides is 1. The SMILES string of the molecule is Nc1nonc1C(=O)NCCNCc1ccc(-c2ccc(F)cc2)o1.[Cl-]. The van der Waals surface area contributed by atoms with Crippen LogP contribution in [0.1, 0.15) is 16.2 Å². The lowest BCUT2D eigenvalue weighted by atomic mass is 10.2. The fraction of sp³-hybridized carbons (Fsp3) is 0.188. The second-order valence-electron chi connectivity index (χ2n) is 5.20. The highest BCUT2D eigenvalue weighted by Gasteiger charge is 2.14. The number of aromatic nitrogens is 2. The summed E-state index contributed by atoms with van der Waals surface area (Å²) >= 11 is 0. The summed E-state index contributed by atoms with van der Waals surface area (Å²) in [6.07, 6.45) is 0. The van der Waals surface area contributed by atoms with E-state index in [9.17, 15) is 9.18 Å². The van der Waals surface area contributed by atoms with Crippen molar-refractivity contribution in [1.82, 2.24) is 20.9 Å². The minimum absolute atomic E-state index is 0. The number of carbonyl (C=O) groups is 1. The van der Waals surface area contributed by atoms with Crippen LogP contribution in [0.2, 0.25) is 0 Å². The highest BCUT2D eigenvalue weighted by atomic mass is 35.5. The number of carbonyl (C=O) groups excluding carboxylic acids is 1. The number of nitrogens with zero attached hydrogens (tertiary/aromatic N) is 2. The Hall–Kier alpha value is -2.91. The van der Waals surface area contributed by atoms with Gasteiger partial charge in [-0.05, 0) is 46.7 Å². The van der Waals surface area contributed by atoms with Gasteiger partial charge in [0.25, 0.3) is 5.91 Å². The number of benzene rings is 1. The molecule has 0 aliphatic heterocycles. The molecule has 1 aromatic carbocycles. The predicted molar refractivity (Wildman–Crippen MR) is 86.9 cm³/mol. The molecule has 3 rings (SSSR count). The van der Waals surface area contributed by atoms with E-state index >= 15 is 0 Å². The van der Waals surface area contributed by atoms with Gasteiger partial charge in [-0.15, -0.1) is 0 Å². The van der Waals surface area contributed by atoms with Crippen molar-refractivity contribution in [3.8, 4) is 11.3 Å². The van der Waals surface area contributed by atoms with E-state index in [0.29, 0.717) is 25.4 Å². The van der Waals surface area contributed by atoms with Crippen LogP contribution < -0.4 is 28.8 Å². The van der Waals surface area contributed by atoms with E-state index in [0.717, 1.165) is 11.3 Å². The quantitative estimate of drug-likeness (QED) is 0.430. The number of halogens is 2. The average Bonchev–Trinajstić information content (AvgIpc) is 3.24. The topological polar surface area (TPSA) is 119 Å². The van der Waals surface area contributed by atoms with Crippen molar-refractivity contribution >= 4 is 11.7 Å². The van der Waals surface area contributed by atoms with Gasteiger partial charge in [0, 0.05) is 18.7 Å². The van der Waals surface area contributed by atoms with Gasteiger partial charge in [0.2, 0.25) is 11.5 Å². The fourth-order valence-corrected chi connectivity index (χ4v) is 2.15. The molecule has 0 bridgehead atoms. The number of hydrogen-bond acceptors (Lipinski definition) is 7. The molecule has 0 radical (unpaired) electrons. The van der Waals surface area contributed by atoms with Gasteiger partial charge in [0.1, 0.15) is 17.3 Å². The zero-order valence-electron chi connectivity index (χ0n) is 13.5. The molecule has 138 valence electrons. The number of hydrogen-bond donors (Lipinski definition) is 3. The molecule has 0 spiro atoms. The van der Waals surface area contributed by atoms with Crippen LogP contribution in [0.3, 0.4) is 0 Å². The maximum absolute atomic E-state index is 12.9. The Labute approximate surface area is 154 Å². The van der Waals surface area contributed by atoms with Crippen molar-refractivity contribution in [2.24, 2.45) is 0 Å². The van der Waals surface area contributed by atoms with Gasteiger partial charge in [-0.25, -0.2) is 9.02 Å². The van der Waals surface area contributed by atoms with Gasteiger partial charge in [-0.1, -0.05) is 0 Å². The summed E-state index contributed by atoms with van der Waals surface area (Å²) in [4.78, 5) is 11.7. The van der Waals surface area contributed by atoms with E-state index in [1.807, 2.05) is 12.1 Å². The third kappa shape index (κ3) is 4.80. The Kier molecular flexibility index (Phi) is 6.70. The van der Waals surface area contributed by atoms with E-state index in [1.54, 1.807) is 12.1 Å². The molecule has 2 aromatic heterocycles. The molecular weight excluding hydrogens is 365 g/mol. The van der Waals surface area contributed by atoms with Crippen LogP contribution in [0.5, 0.6) is 0 Å². The van der Waals surface area contributed by atoms with Gasteiger partial charge >= 0.3 is 0 Å². The maximum atomic E-state index is 12.9. The van der Waals surface area contributed by atoms with E-state index in [4.69, 9.17) is 10.2 Å². The molecule has 8 nitrogen and oxygen atoms in total. The minimum Gasteiger partial charge on any atom is -1.00 e. The maximum Gasteiger partial charge on any atom is 0.277 e. The lowest BCUT2D eigenvalue weighted by molar-refractivity contribution is -0.0000152. The number of nitrogens with one attached hydrogen (secondary N) is 2. The molecular formula is C16H16ClFN5O3-. The highest BCUT2D eigenvalue weighted by molar-refractivity contribution is 5.95. The van der Waals surface area contributed by atoms with Crippen LogP contribution in [0, 0.1) is 5.82 Å². The molecule has 1 amide bonds. The third-order valence-electron chi connectivity index (χ3n) is 3.41. The second kappa shape index (κ2) is 8.97. The van der Waals surface area contributed by atoms with E-state index in [-0.39, 0.29) is 29.7 Å². The Bertz CT molecular complexity index is 850. The summed E-state index contributed by atoms with van der Waals surface area (Å²) in [5.74, 6) is 0.614. The molecule has 10 heteroatoms. The van der Waals surface area contributed by atoms with Gasteiger partial charge in [0.05, 0.1) is 6.54 Å². The molecule has 0 atom stereocenters. The molecule has 0 unspecified atom stereocenters. The Morgan fingerprint density at radius 2 is 1.88 bits per heavy atom.